The van der Waals surface area contributed by atoms with Crippen molar-refractivity contribution in [3.63, 3.8) is 0 Å². The van der Waals surface area contributed by atoms with E-state index in [1.807, 2.05) is 52.7 Å². The fourth-order valence-electron chi connectivity index (χ4n) is 3.38. The highest BCUT2D eigenvalue weighted by Crippen LogP contribution is 2.32. The predicted molar refractivity (Wildman–Crippen MR) is 94.8 cm³/mol. The zero-order chi connectivity index (χ0) is 16.9. The average Bonchev–Trinajstić information content (AvgIpc) is 3.28. The van der Waals surface area contributed by atoms with E-state index in [1.54, 1.807) is 18.4 Å². The van der Waals surface area contributed by atoms with Crippen molar-refractivity contribution in [2.75, 3.05) is 13.7 Å². The second-order valence-corrected chi connectivity index (χ2v) is 7.10. The number of carbonyl (C=O) groups is 1. The van der Waals surface area contributed by atoms with Crippen LogP contribution in [0.25, 0.3) is 0 Å². The molecule has 1 aromatic heterocycles. The maximum atomic E-state index is 13.0. The highest BCUT2D eigenvalue weighted by atomic mass is 32.1. The molecule has 2 heterocycles. The molecule has 0 bridgehead atoms. The van der Waals surface area contributed by atoms with Crippen molar-refractivity contribution in [1.82, 2.24) is 4.90 Å². The van der Waals surface area contributed by atoms with Crippen LogP contribution in [0.15, 0.2) is 47.8 Å². The second-order valence-electron chi connectivity index (χ2n) is 6.12. The molecular formula is C19H23NO3S. The smallest absolute Gasteiger partial charge is 0.256 e. The zero-order valence-electron chi connectivity index (χ0n) is 13.8. The molecule has 1 N–H and O–H groups in total. The SMILES string of the molecule is COC(C(=O)N1CCCC1CC(O)c1cccs1)c1ccccc1. The Balaban J connectivity index is 1.71. The summed E-state index contributed by atoms with van der Waals surface area (Å²) in [5.41, 5.74) is 0.870. The van der Waals surface area contributed by atoms with E-state index in [0.717, 1.165) is 29.8 Å². The van der Waals surface area contributed by atoms with Crippen LogP contribution >= 0.6 is 11.3 Å². The molecule has 3 unspecified atom stereocenters. The maximum Gasteiger partial charge on any atom is 0.256 e. The van der Waals surface area contributed by atoms with Crippen molar-refractivity contribution in [3.05, 3.63) is 58.3 Å². The van der Waals surface area contributed by atoms with Crippen LogP contribution in [0.2, 0.25) is 0 Å². The Morgan fingerprint density at radius 2 is 2.12 bits per heavy atom. The first kappa shape index (κ1) is 17.1. The number of thiophene rings is 1. The molecule has 1 aliphatic rings. The number of hydrogen-bond acceptors (Lipinski definition) is 4. The van der Waals surface area contributed by atoms with Crippen molar-refractivity contribution in [3.8, 4) is 0 Å². The number of nitrogens with zero attached hydrogens (tertiary/aromatic N) is 1. The van der Waals surface area contributed by atoms with Crippen molar-refractivity contribution in [1.29, 1.82) is 0 Å². The molecule has 24 heavy (non-hydrogen) atoms. The predicted octanol–water partition coefficient (Wildman–Crippen LogP) is 3.55. The molecule has 1 fully saturated rings. The number of benzene rings is 1. The third-order valence-corrected chi connectivity index (χ3v) is 5.56. The van der Waals surface area contributed by atoms with Gasteiger partial charge in [-0.2, -0.15) is 0 Å². The monoisotopic (exact) mass is 345 g/mol. The third kappa shape index (κ3) is 3.69. The second kappa shape index (κ2) is 7.92. The Labute approximate surface area is 146 Å². The normalized spacial score (nSPS) is 20.1. The molecule has 128 valence electrons. The summed E-state index contributed by atoms with van der Waals surface area (Å²) in [5.74, 6) is -0.00965. The Morgan fingerprint density at radius 3 is 2.79 bits per heavy atom. The van der Waals surface area contributed by atoms with Gasteiger partial charge >= 0.3 is 0 Å². The molecule has 0 saturated carbocycles. The van der Waals surface area contributed by atoms with Crippen LogP contribution in [0.1, 0.15) is 41.9 Å². The number of ether oxygens (including phenoxy) is 1. The largest absolute Gasteiger partial charge is 0.387 e. The van der Waals surface area contributed by atoms with Crippen LogP contribution in [0.3, 0.4) is 0 Å². The summed E-state index contributed by atoms with van der Waals surface area (Å²) >= 11 is 1.55. The number of methoxy groups -OCH3 is 1. The van der Waals surface area contributed by atoms with Gasteiger partial charge in [0.15, 0.2) is 6.10 Å². The molecule has 1 amide bonds. The Bertz CT molecular complexity index is 644. The van der Waals surface area contributed by atoms with Crippen LogP contribution in [0, 0.1) is 0 Å². The summed E-state index contributed by atoms with van der Waals surface area (Å²) in [6, 6.07) is 13.5. The summed E-state index contributed by atoms with van der Waals surface area (Å²) in [4.78, 5) is 15.8. The molecule has 3 atom stereocenters. The van der Waals surface area contributed by atoms with E-state index in [-0.39, 0.29) is 11.9 Å². The molecule has 0 aliphatic carbocycles. The van der Waals surface area contributed by atoms with Gasteiger partial charge in [-0.1, -0.05) is 36.4 Å². The number of aliphatic hydroxyl groups is 1. The van der Waals surface area contributed by atoms with Gasteiger partial charge in [0, 0.05) is 24.6 Å². The van der Waals surface area contributed by atoms with Crippen LogP contribution in [0.4, 0.5) is 0 Å². The molecule has 5 heteroatoms. The quantitative estimate of drug-likeness (QED) is 0.871. The molecule has 1 saturated heterocycles. The molecule has 3 rings (SSSR count). The number of likely N-dealkylation sites (tertiary alicyclic amines) is 1. The van der Waals surface area contributed by atoms with Crippen molar-refractivity contribution in [2.24, 2.45) is 0 Å². The van der Waals surface area contributed by atoms with Crippen LogP contribution in [-0.2, 0) is 9.53 Å². The number of rotatable bonds is 6. The molecule has 1 aliphatic heterocycles. The van der Waals surface area contributed by atoms with Gasteiger partial charge in [0.2, 0.25) is 0 Å². The first-order valence-electron chi connectivity index (χ1n) is 8.30. The standard InChI is InChI=1S/C19H23NO3S/c1-23-18(14-7-3-2-4-8-14)19(22)20-11-5-9-15(20)13-16(21)17-10-6-12-24-17/h2-4,6-8,10,12,15-16,18,21H,5,9,11,13H2,1H3. The van der Waals surface area contributed by atoms with Crippen molar-refractivity contribution in [2.45, 2.75) is 37.5 Å². The number of hydrogen-bond donors (Lipinski definition) is 1. The van der Waals surface area contributed by atoms with E-state index in [4.69, 9.17) is 4.74 Å². The zero-order valence-corrected chi connectivity index (χ0v) is 14.6. The molecule has 4 nitrogen and oxygen atoms in total. The van der Waals surface area contributed by atoms with Crippen molar-refractivity contribution < 1.29 is 14.6 Å². The number of amides is 1. The van der Waals surface area contributed by atoms with Gasteiger partial charge < -0.3 is 14.7 Å². The lowest BCUT2D eigenvalue weighted by Crippen LogP contribution is -2.40. The minimum Gasteiger partial charge on any atom is -0.387 e. The van der Waals surface area contributed by atoms with Gasteiger partial charge in [0.1, 0.15) is 0 Å². The lowest BCUT2D eigenvalue weighted by Gasteiger charge is -2.29. The van der Waals surface area contributed by atoms with Crippen LogP contribution < -0.4 is 0 Å². The average molecular weight is 345 g/mol. The van der Waals surface area contributed by atoms with Crippen LogP contribution in [-0.4, -0.2) is 35.6 Å². The summed E-state index contributed by atoms with van der Waals surface area (Å²) in [6.45, 7) is 0.730. The number of aliphatic hydroxyl groups excluding tert-OH is 1. The van der Waals surface area contributed by atoms with Crippen molar-refractivity contribution >= 4 is 17.2 Å². The molecule has 2 aromatic rings. The highest BCUT2D eigenvalue weighted by Gasteiger charge is 2.35. The molecular weight excluding hydrogens is 322 g/mol. The highest BCUT2D eigenvalue weighted by molar-refractivity contribution is 7.10. The summed E-state index contributed by atoms with van der Waals surface area (Å²) in [5, 5.41) is 12.4. The molecule has 0 spiro atoms. The van der Waals surface area contributed by atoms with Gasteiger partial charge in [-0.3, -0.25) is 4.79 Å². The first-order valence-corrected chi connectivity index (χ1v) is 9.18. The van der Waals surface area contributed by atoms with E-state index < -0.39 is 12.2 Å². The lowest BCUT2D eigenvalue weighted by molar-refractivity contribution is -0.143. The van der Waals surface area contributed by atoms with E-state index in [0.29, 0.717) is 6.42 Å². The van der Waals surface area contributed by atoms with Gasteiger partial charge in [0.25, 0.3) is 5.91 Å². The van der Waals surface area contributed by atoms with Gasteiger partial charge in [-0.05, 0) is 36.3 Å². The topological polar surface area (TPSA) is 49.8 Å². The minimum atomic E-state index is -0.578. The van der Waals surface area contributed by atoms with E-state index in [1.165, 1.54) is 0 Å². The van der Waals surface area contributed by atoms with E-state index in [9.17, 15) is 9.90 Å². The summed E-state index contributed by atoms with van der Waals surface area (Å²) in [7, 11) is 1.57. The molecule has 1 aromatic carbocycles. The van der Waals surface area contributed by atoms with Gasteiger partial charge in [-0.15, -0.1) is 11.3 Å². The van der Waals surface area contributed by atoms with Crippen LogP contribution in [0.5, 0.6) is 0 Å². The Hall–Kier alpha value is -1.69. The first-order chi connectivity index (χ1) is 11.7. The fourth-order valence-corrected chi connectivity index (χ4v) is 4.11. The maximum absolute atomic E-state index is 13.0. The van der Waals surface area contributed by atoms with E-state index >= 15 is 0 Å². The number of carbonyl (C=O) groups excluding carboxylic acids is 1. The fraction of sp³-hybridized carbons (Fsp3) is 0.421. The molecule has 0 radical (unpaired) electrons. The lowest BCUT2D eigenvalue weighted by atomic mass is 10.0. The summed E-state index contributed by atoms with van der Waals surface area (Å²) < 4.78 is 5.48. The Kier molecular flexibility index (Phi) is 5.66. The van der Waals surface area contributed by atoms with Gasteiger partial charge in [-0.25, -0.2) is 0 Å². The minimum absolute atomic E-state index is 0.00965. The van der Waals surface area contributed by atoms with E-state index in [2.05, 4.69) is 0 Å². The summed E-state index contributed by atoms with van der Waals surface area (Å²) in [6.07, 6.45) is 1.39. The third-order valence-electron chi connectivity index (χ3n) is 4.59. The van der Waals surface area contributed by atoms with Gasteiger partial charge in [0.05, 0.1) is 6.10 Å². The Morgan fingerprint density at radius 1 is 1.33 bits per heavy atom.